The lowest BCUT2D eigenvalue weighted by molar-refractivity contribution is 0.496. The fraction of sp³-hybridized carbons (Fsp3) is 0.125. The van der Waals surface area contributed by atoms with Crippen LogP contribution in [0.25, 0.3) is 11.4 Å². The van der Waals surface area contributed by atoms with Gasteiger partial charge in [-0.15, -0.1) is 5.53 Å². The van der Waals surface area contributed by atoms with E-state index in [4.69, 9.17) is 5.73 Å². The molecule has 4 nitrogen and oxygen atoms in total. The van der Waals surface area contributed by atoms with Crippen molar-refractivity contribution >= 4 is 34.3 Å². The van der Waals surface area contributed by atoms with E-state index in [1.54, 1.807) is 0 Å². The molecule has 1 atom stereocenters. The molecule has 5 heteroatoms. The number of halogens is 1. The zero-order chi connectivity index (χ0) is 14.4. The second-order valence-electron chi connectivity index (χ2n) is 5.30. The second-order valence-corrected chi connectivity index (χ2v) is 6.26. The molecule has 4 N–H and O–H groups in total. The van der Waals surface area contributed by atoms with Gasteiger partial charge in [0.2, 0.25) is 0 Å². The van der Waals surface area contributed by atoms with Crippen molar-refractivity contribution in [2.24, 2.45) is 5.73 Å². The highest BCUT2D eigenvalue weighted by molar-refractivity contribution is 14.1. The Morgan fingerprint density at radius 3 is 2.62 bits per heavy atom. The van der Waals surface area contributed by atoms with E-state index in [0.717, 1.165) is 17.8 Å². The molecular weight excluding hydrogens is 375 g/mol. The third-order valence-corrected chi connectivity index (χ3v) is 4.78. The van der Waals surface area contributed by atoms with Crippen molar-refractivity contribution in [3.63, 3.8) is 0 Å². The van der Waals surface area contributed by atoms with Crippen LogP contribution in [0.3, 0.4) is 0 Å². The first-order chi connectivity index (χ1) is 10.3. The molecule has 0 saturated heterocycles. The van der Waals surface area contributed by atoms with Crippen molar-refractivity contribution in [3.8, 4) is 0 Å². The Bertz CT molecular complexity index is 741. The second kappa shape index (κ2) is 5.01. The molecule has 0 saturated carbocycles. The van der Waals surface area contributed by atoms with Crippen LogP contribution in [0.4, 0.5) is 0 Å². The van der Waals surface area contributed by atoms with Gasteiger partial charge >= 0.3 is 0 Å². The minimum Gasteiger partial charge on any atom is -0.324 e. The number of nitrogens with zero attached hydrogens (tertiary/aromatic N) is 1. The molecule has 0 bridgehead atoms. The molecule has 2 aromatic carbocycles. The quantitative estimate of drug-likeness (QED) is 0.479. The van der Waals surface area contributed by atoms with E-state index in [1.807, 2.05) is 3.22 Å². The molecule has 0 aromatic heterocycles. The molecule has 1 unspecified atom stereocenters. The fourth-order valence-electron chi connectivity index (χ4n) is 3.08. The molecule has 4 rings (SSSR count). The third-order valence-electron chi connectivity index (χ3n) is 4.05. The zero-order valence-corrected chi connectivity index (χ0v) is 13.5. The van der Waals surface area contributed by atoms with Crippen LogP contribution in [0, 0.1) is 0 Å². The molecule has 0 amide bonds. The van der Waals surface area contributed by atoms with Gasteiger partial charge in [0.15, 0.2) is 0 Å². The van der Waals surface area contributed by atoms with Gasteiger partial charge in [0.1, 0.15) is 0 Å². The monoisotopic (exact) mass is 390 g/mol. The van der Waals surface area contributed by atoms with Crippen LogP contribution in [0.1, 0.15) is 28.3 Å². The van der Waals surface area contributed by atoms with Crippen LogP contribution in [0.5, 0.6) is 0 Å². The van der Waals surface area contributed by atoms with Gasteiger partial charge in [0.05, 0.1) is 34.3 Å². The van der Waals surface area contributed by atoms with E-state index in [9.17, 15) is 0 Å². The highest BCUT2D eigenvalue weighted by Gasteiger charge is 2.29. The average Bonchev–Trinajstić information content (AvgIpc) is 2.87. The van der Waals surface area contributed by atoms with Crippen molar-refractivity contribution in [2.45, 2.75) is 12.5 Å². The van der Waals surface area contributed by atoms with Crippen molar-refractivity contribution < 1.29 is 0 Å². The minimum absolute atomic E-state index is 0.00167. The summed E-state index contributed by atoms with van der Waals surface area (Å²) in [6, 6.07) is 16.8. The molecule has 1 heterocycles. The van der Waals surface area contributed by atoms with Crippen LogP contribution in [0.15, 0.2) is 48.5 Å². The van der Waals surface area contributed by atoms with E-state index in [2.05, 4.69) is 82.4 Å². The summed E-state index contributed by atoms with van der Waals surface area (Å²) in [7, 11) is 0. The van der Waals surface area contributed by atoms with Gasteiger partial charge in [-0.3, -0.25) is 0 Å². The zero-order valence-electron chi connectivity index (χ0n) is 11.3. The third kappa shape index (κ3) is 2.04. The number of fused-ring (bicyclic) bond motifs is 4. The van der Waals surface area contributed by atoms with Crippen LogP contribution in [-0.2, 0) is 6.42 Å². The molecule has 21 heavy (non-hydrogen) atoms. The fourth-order valence-corrected chi connectivity index (χ4v) is 3.70. The predicted octanol–water partition coefficient (Wildman–Crippen LogP) is 2.74. The first-order valence-corrected chi connectivity index (χ1v) is 7.87. The maximum Gasteiger partial charge on any atom is 0.0978 e. The highest BCUT2D eigenvalue weighted by atomic mass is 127. The summed E-state index contributed by atoms with van der Waals surface area (Å²) >= 11 is 2.26. The molecule has 0 radical (unpaired) electrons. The Balaban J connectivity index is 2.05. The Labute approximate surface area is 137 Å². The van der Waals surface area contributed by atoms with Gasteiger partial charge in [-0.25, -0.2) is 3.22 Å². The maximum absolute atomic E-state index is 6.47. The van der Waals surface area contributed by atoms with Crippen LogP contribution < -0.4 is 16.7 Å². The maximum atomic E-state index is 6.47. The van der Waals surface area contributed by atoms with Crippen LogP contribution >= 0.6 is 22.9 Å². The molecule has 1 aliphatic heterocycles. The lowest BCUT2D eigenvalue weighted by Crippen LogP contribution is -2.30. The Morgan fingerprint density at radius 1 is 1.05 bits per heavy atom. The Kier molecular flexibility index (Phi) is 3.13. The van der Waals surface area contributed by atoms with E-state index in [1.165, 1.54) is 22.3 Å². The summed E-state index contributed by atoms with van der Waals surface area (Å²) in [6.07, 6.45) is 0.840. The summed E-state index contributed by atoms with van der Waals surface area (Å²) < 4.78 is 1.99. The van der Waals surface area contributed by atoms with Gasteiger partial charge in [0.25, 0.3) is 0 Å². The lowest BCUT2D eigenvalue weighted by Gasteiger charge is -2.23. The van der Waals surface area contributed by atoms with Crippen LogP contribution in [0.2, 0.25) is 0 Å². The molecule has 106 valence electrons. The Hall–Kier alpha value is -1.57. The van der Waals surface area contributed by atoms with Crippen molar-refractivity contribution in [3.05, 3.63) is 70.8 Å². The van der Waals surface area contributed by atoms with Crippen molar-refractivity contribution in [1.29, 1.82) is 0 Å². The number of nitrogens with one attached hydrogen (secondary N) is 2. The molecule has 0 spiro atoms. The minimum atomic E-state index is 0.00167. The number of nitrogens with two attached hydrogens (primary N) is 1. The molecular formula is C16H15IN4. The summed E-state index contributed by atoms with van der Waals surface area (Å²) in [6.45, 7) is 0. The molecule has 1 aliphatic carbocycles. The number of hydrazine groups is 2. The number of rotatable bonds is 0. The highest BCUT2D eigenvalue weighted by Crippen LogP contribution is 2.39. The summed E-state index contributed by atoms with van der Waals surface area (Å²) in [5.41, 5.74) is 20.0. The van der Waals surface area contributed by atoms with Gasteiger partial charge < -0.3 is 11.2 Å². The number of benzene rings is 2. The van der Waals surface area contributed by atoms with Gasteiger partial charge in [-0.1, -0.05) is 48.5 Å². The van der Waals surface area contributed by atoms with Crippen molar-refractivity contribution in [2.75, 3.05) is 0 Å². The van der Waals surface area contributed by atoms with Gasteiger partial charge in [-0.05, 0) is 17.5 Å². The first-order valence-electron chi connectivity index (χ1n) is 6.90. The predicted molar refractivity (Wildman–Crippen MR) is 92.5 cm³/mol. The smallest absolute Gasteiger partial charge is 0.0978 e. The van der Waals surface area contributed by atoms with Crippen molar-refractivity contribution in [1.82, 2.24) is 14.2 Å². The first kappa shape index (κ1) is 13.1. The topological polar surface area (TPSA) is 53.3 Å². The molecule has 2 aliphatic rings. The normalized spacial score (nSPS) is 20.1. The molecule has 2 aromatic rings. The summed E-state index contributed by atoms with van der Waals surface area (Å²) in [5, 5.41) is 0. The number of hydrogen-bond acceptors (Lipinski definition) is 4. The average molecular weight is 390 g/mol. The van der Waals surface area contributed by atoms with Gasteiger partial charge in [0, 0.05) is 17.2 Å². The van der Waals surface area contributed by atoms with E-state index in [-0.39, 0.29) is 6.04 Å². The standard InChI is InChI=1S/C16H15IN4/c17-21-16-13-8-4-3-7-12(13)14(18)9-10-5-1-2-6-11(10)15(16)19-20-21/h1-8,14,19-20H,9,18H2. The van der Waals surface area contributed by atoms with Gasteiger partial charge in [-0.2, -0.15) is 0 Å². The number of hydrogen-bond donors (Lipinski definition) is 3. The summed E-state index contributed by atoms with van der Waals surface area (Å²) in [5.74, 6) is 0. The van der Waals surface area contributed by atoms with E-state index in [0.29, 0.717) is 0 Å². The van der Waals surface area contributed by atoms with E-state index < -0.39 is 0 Å². The Morgan fingerprint density at radius 2 is 1.76 bits per heavy atom. The molecule has 0 fully saturated rings. The van der Waals surface area contributed by atoms with E-state index >= 15 is 0 Å². The lowest BCUT2D eigenvalue weighted by atomic mass is 9.87. The van der Waals surface area contributed by atoms with Crippen LogP contribution in [-0.4, -0.2) is 3.22 Å². The largest absolute Gasteiger partial charge is 0.324 e. The summed E-state index contributed by atoms with van der Waals surface area (Å²) in [4.78, 5) is 0. The SMILES string of the molecule is NC1Cc2ccccc2C2=C(c3ccccc31)N(I)NN2.